The van der Waals surface area contributed by atoms with Gasteiger partial charge in [-0.25, -0.2) is 9.97 Å². The van der Waals surface area contributed by atoms with Crippen molar-refractivity contribution in [1.29, 1.82) is 0 Å². The fourth-order valence-electron chi connectivity index (χ4n) is 3.62. The number of nitrogens with zero attached hydrogens (tertiary/aromatic N) is 5. The maximum atomic E-state index is 12.5. The first-order valence-corrected chi connectivity index (χ1v) is 10.1. The van der Waals surface area contributed by atoms with Crippen molar-refractivity contribution in [1.82, 2.24) is 25.5 Å². The molecule has 1 aromatic heterocycles. The summed E-state index contributed by atoms with van der Waals surface area (Å²) in [5, 5.41) is 6.77. The molecule has 2 fully saturated rings. The minimum absolute atomic E-state index is 0.170. The number of hydrogen-bond acceptors (Lipinski definition) is 5. The molecule has 1 saturated carbocycles. The van der Waals surface area contributed by atoms with Gasteiger partial charge in [-0.2, -0.15) is 0 Å². The Morgan fingerprint density at radius 1 is 1.19 bits per heavy atom. The van der Waals surface area contributed by atoms with Crippen molar-refractivity contribution in [2.45, 2.75) is 45.1 Å². The zero-order chi connectivity index (χ0) is 18.9. The number of carbonyl (C=O) groups excluding carboxylic acids is 1. The van der Waals surface area contributed by atoms with Crippen molar-refractivity contribution >= 4 is 17.8 Å². The lowest BCUT2D eigenvalue weighted by molar-refractivity contribution is -0.131. The van der Waals surface area contributed by atoms with E-state index in [2.05, 4.69) is 37.4 Å². The molecule has 2 aliphatic rings. The summed E-state index contributed by atoms with van der Waals surface area (Å²) in [6.07, 6.45) is 8.94. The highest BCUT2D eigenvalue weighted by molar-refractivity contribution is 5.81. The number of aliphatic imine (C=N–C) groups is 1. The third-order valence-corrected chi connectivity index (χ3v) is 5.10. The van der Waals surface area contributed by atoms with Crippen LogP contribution >= 0.6 is 0 Å². The highest BCUT2D eigenvalue weighted by Crippen LogP contribution is 2.17. The summed E-state index contributed by atoms with van der Waals surface area (Å²) in [4.78, 5) is 29.7. The van der Waals surface area contributed by atoms with Gasteiger partial charge in [-0.3, -0.25) is 9.79 Å². The molecule has 1 saturated heterocycles. The maximum Gasteiger partial charge on any atom is 0.225 e. The molecule has 8 nitrogen and oxygen atoms in total. The number of carbonyl (C=O) groups is 1. The zero-order valence-electron chi connectivity index (χ0n) is 16.2. The van der Waals surface area contributed by atoms with E-state index in [1.165, 1.54) is 25.7 Å². The zero-order valence-corrected chi connectivity index (χ0v) is 16.2. The van der Waals surface area contributed by atoms with Crippen LogP contribution in [0.5, 0.6) is 0 Å². The molecule has 1 aliphatic heterocycles. The Bertz CT molecular complexity index is 608. The highest BCUT2D eigenvalue weighted by atomic mass is 16.2. The number of anilines is 1. The molecule has 0 aromatic carbocycles. The fourth-order valence-corrected chi connectivity index (χ4v) is 3.62. The van der Waals surface area contributed by atoms with Gasteiger partial charge in [-0.05, 0) is 25.8 Å². The normalized spacial score (nSPS) is 18.6. The van der Waals surface area contributed by atoms with E-state index in [9.17, 15) is 4.79 Å². The second kappa shape index (κ2) is 10.1. The van der Waals surface area contributed by atoms with Crippen LogP contribution in [0, 0.1) is 0 Å². The Morgan fingerprint density at radius 3 is 2.56 bits per heavy atom. The Labute approximate surface area is 161 Å². The lowest BCUT2D eigenvalue weighted by atomic mass is 10.2. The largest absolute Gasteiger partial charge is 0.357 e. The van der Waals surface area contributed by atoms with Crippen LogP contribution < -0.4 is 15.5 Å². The minimum Gasteiger partial charge on any atom is -0.357 e. The molecule has 0 atom stereocenters. The Morgan fingerprint density at radius 2 is 1.89 bits per heavy atom. The highest BCUT2D eigenvalue weighted by Gasteiger charge is 2.22. The van der Waals surface area contributed by atoms with Crippen LogP contribution in [-0.2, 0) is 4.79 Å². The summed E-state index contributed by atoms with van der Waals surface area (Å²) in [6.45, 7) is 6.37. The lowest BCUT2D eigenvalue weighted by Gasteiger charge is -2.34. The first kappa shape index (κ1) is 19.4. The van der Waals surface area contributed by atoms with Gasteiger partial charge in [0.05, 0.1) is 6.54 Å². The lowest BCUT2D eigenvalue weighted by Crippen LogP contribution is -2.49. The van der Waals surface area contributed by atoms with E-state index in [0.717, 1.165) is 31.5 Å². The second-order valence-corrected chi connectivity index (χ2v) is 7.05. The molecule has 1 aromatic rings. The van der Waals surface area contributed by atoms with Crippen molar-refractivity contribution in [3.05, 3.63) is 18.5 Å². The number of amides is 1. The van der Waals surface area contributed by atoms with Crippen molar-refractivity contribution in [3.63, 3.8) is 0 Å². The van der Waals surface area contributed by atoms with Gasteiger partial charge >= 0.3 is 0 Å². The van der Waals surface area contributed by atoms with Gasteiger partial charge in [0, 0.05) is 57.6 Å². The van der Waals surface area contributed by atoms with Gasteiger partial charge in [-0.15, -0.1) is 0 Å². The Kier molecular flexibility index (Phi) is 7.24. The van der Waals surface area contributed by atoms with E-state index in [4.69, 9.17) is 0 Å². The summed E-state index contributed by atoms with van der Waals surface area (Å²) in [7, 11) is 0. The smallest absolute Gasteiger partial charge is 0.225 e. The Balaban J connectivity index is 1.42. The summed E-state index contributed by atoms with van der Waals surface area (Å²) >= 11 is 0. The number of nitrogens with one attached hydrogen (secondary N) is 2. The minimum atomic E-state index is 0.170. The molecule has 2 N–H and O–H groups in total. The standard InChI is InChI=1S/C19H31N7O/c1-2-20-18(24-16-6-3-4-7-16)21-11-8-17(27)25-12-14-26(15-13-25)19-22-9-5-10-23-19/h5,9-10,16H,2-4,6-8,11-15H2,1H3,(H2,20,21,24). The molecule has 27 heavy (non-hydrogen) atoms. The predicted octanol–water partition coefficient (Wildman–Crippen LogP) is 1.01. The van der Waals surface area contributed by atoms with E-state index in [1.54, 1.807) is 12.4 Å². The van der Waals surface area contributed by atoms with Crippen LogP contribution in [0.1, 0.15) is 39.0 Å². The summed E-state index contributed by atoms with van der Waals surface area (Å²) < 4.78 is 0. The summed E-state index contributed by atoms with van der Waals surface area (Å²) in [6, 6.07) is 2.33. The molecule has 3 rings (SSSR count). The topological polar surface area (TPSA) is 85.8 Å². The van der Waals surface area contributed by atoms with E-state index in [0.29, 0.717) is 32.1 Å². The number of rotatable bonds is 6. The van der Waals surface area contributed by atoms with E-state index in [-0.39, 0.29) is 5.91 Å². The number of hydrogen-bond donors (Lipinski definition) is 2. The molecule has 2 heterocycles. The first-order valence-electron chi connectivity index (χ1n) is 10.1. The molecule has 0 unspecified atom stereocenters. The summed E-state index contributed by atoms with van der Waals surface area (Å²) in [5.41, 5.74) is 0. The maximum absolute atomic E-state index is 12.5. The third-order valence-electron chi connectivity index (χ3n) is 5.10. The number of aromatic nitrogens is 2. The molecular weight excluding hydrogens is 342 g/mol. The number of piperazine rings is 1. The van der Waals surface area contributed by atoms with Crippen LogP contribution in [0.3, 0.4) is 0 Å². The molecule has 1 amide bonds. The summed E-state index contributed by atoms with van der Waals surface area (Å²) in [5.74, 6) is 1.75. The van der Waals surface area contributed by atoms with Crippen LogP contribution in [0.2, 0.25) is 0 Å². The van der Waals surface area contributed by atoms with Crippen LogP contribution in [0.25, 0.3) is 0 Å². The van der Waals surface area contributed by atoms with Crippen molar-refractivity contribution < 1.29 is 4.79 Å². The quantitative estimate of drug-likeness (QED) is 0.572. The molecular formula is C19H31N7O. The monoisotopic (exact) mass is 373 g/mol. The predicted molar refractivity (Wildman–Crippen MR) is 107 cm³/mol. The molecule has 148 valence electrons. The average Bonchev–Trinajstić information content (AvgIpc) is 3.22. The van der Waals surface area contributed by atoms with E-state index in [1.807, 2.05) is 11.0 Å². The van der Waals surface area contributed by atoms with Crippen molar-refractivity contribution in [2.24, 2.45) is 4.99 Å². The number of guanidine groups is 1. The van der Waals surface area contributed by atoms with Gasteiger partial charge < -0.3 is 20.4 Å². The Hall–Kier alpha value is -2.38. The molecule has 1 aliphatic carbocycles. The average molecular weight is 374 g/mol. The van der Waals surface area contributed by atoms with Gasteiger partial charge in [0.25, 0.3) is 0 Å². The van der Waals surface area contributed by atoms with E-state index >= 15 is 0 Å². The first-order chi connectivity index (χ1) is 13.3. The van der Waals surface area contributed by atoms with Gasteiger partial charge in [-0.1, -0.05) is 12.8 Å². The van der Waals surface area contributed by atoms with Crippen LogP contribution in [0.15, 0.2) is 23.5 Å². The third kappa shape index (κ3) is 5.80. The fraction of sp³-hybridized carbons (Fsp3) is 0.684. The molecule has 0 spiro atoms. The van der Waals surface area contributed by atoms with Gasteiger partial charge in [0.1, 0.15) is 0 Å². The van der Waals surface area contributed by atoms with Crippen LogP contribution in [-0.4, -0.2) is 72.0 Å². The van der Waals surface area contributed by atoms with Crippen molar-refractivity contribution in [2.75, 3.05) is 44.2 Å². The van der Waals surface area contributed by atoms with Gasteiger partial charge in [0.15, 0.2) is 5.96 Å². The molecule has 8 heteroatoms. The second-order valence-electron chi connectivity index (χ2n) is 7.05. The molecule has 0 bridgehead atoms. The van der Waals surface area contributed by atoms with Gasteiger partial charge in [0.2, 0.25) is 11.9 Å². The SMILES string of the molecule is CCNC(=NCCC(=O)N1CCN(c2ncccn2)CC1)NC1CCCC1. The van der Waals surface area contributed by atoms with Crippen LogP contribution in [0.4, 0.5) is 5.95 Å². The van der Waals surface area contributed by atoms with Crippen molar-refractivity contribution in [3.8, 4) is 0 Å². The van der Waals surface area contributed by atoms with E-state index < -0.39 is 0 Å². The molecule has 0 radical (unpaired) electrons.